The second-order valence-corrected chi connectivity index (χ2v) is 10.6. The van der Waals surface area contributed by atoms with Gasteiger partial charge in [0.1, 0.15) is 17.2 Å². The zero-order valence-electron chi connectivity index (χ0n) is 19.8. The number of carbonyl (C=O) groups is 1. The van der Waals surface area contributed by atoms with Crippen LogP contribution < -0.4 is 5.32 Å². The molecule has 5 nitrogen and oxygen atoms in total. The molecule has 2 aromatic heterocycles. The van der Waals surface area contributed by atoms with E-state index in [0.717, 1.165) is 40.6 Å². The van der Waals surface area contributed by atoms with Gasteiger partial charge in [-0.05, 0) is 56.4 Å². The minimum absolute atomic E-state index is 0.180. The van der Waals surface area contributed by atoms with E-state index in [1.54, 1.807) is 17.1 Å². The van der Waals surface area contributed by atoms with Crippen LogP contribution in [0.5, 0.6) is 0 Å². The normalized spacial score (nSPS) is 24.9. The lowest BCUT2D eigenvalue weighted by Crippen LogP contribution is -2.51. The molecule has 3 heterocycles. The van der Waals surface area contributed by atoms with E-state index in [-0.39, 0.29) is 24.3 Å². The molecule has 2 aliphatic rings. The molecule has 0 saturated carbocycles. The molecule has 2 aromatic rings. The molecule has 10 heteroatoms. The van der Waals surface area contributed by atoms with Crippen LogP contribution in [-0.2, 0) is 6.18 Å². The van der Waals surface area contributed by atoms with Gasteiger partial charge in [-0.2, -0.15) is 13.2 Å². The number of hydrogen-bond donors (Lipinski definition) is 1. The van der Waals surface area contributed by atoms with Crippen LogP contribution >= 0.6 is 11.3 Å². The van der Waals surface area contributed by atoms with E-state index in [1.807, 2.05) is 6.92 Å². The maximum atomic E-state index is 14.2. The second-order valence-electron chi connectivity index (χ2n) is 9.38. The Morgan fingerprint density at radius 2 is 2.11 bits per heavy atom. The third kappa shape index (κ3) is 5.74. The van der Waals surface area contributed by atoms with Crippen LogP contribution in [0.4, 0.5) is 23.4 Å². The predicted molar refractivity (Wildman–Crippen MR) is 129 cm³/mol. The number of alkyl halides is 4. The Hall–Kier alpha value is -2.75. The number of amides is 1. The molecule has 3 atom stereocenters. The molecule has 35 heavy (non-hydrogen) atoms. The van der Waals surface area contributed by atoms with E-state index in [4.69, 9.17) is 0 Å². The van der Waals surface area contributed by atoms with E-state index in [0.29, 0.717) is 24.6 Å². The molecule has 188 valence electrons. The molecule has 1 aliphatic heterocycles. The van der Waals surface area contributed by atoms with Crippen molar-refractivity contribution in [1.29, 1.82) is 0 Å². The average molecular weight is 509 g/mol. The summed E-state index contributed by atoms with van der Waals surface area (Å²) < 4.78 is 52.7. The zero-order valence-corrected chi connectivity index (χ0v) is 20.6. The van der Waals surface area contributed by atoms with Gasteiger partial charge in [0.15, 0.2) is 0 Å². The molecule has 3 unspecified atom stereocenters. The quantitative estimate of drug-likeness (QED) is 0.483. The smallest absolute Gasteiger partial charge is 0.368 e. The van der Waals surface area contributed by atoms with Crippen molar-refractivity contribution in [2.75, 3.05) is 18.4 Å². The summed E-state index contributed by atoms with van der Waals surface area (Å²) in [6.07, 6.45) is 3.40. The first-order chi connectivity index (χ1) is 16.4. The first-order valence-electron chi connectivity index (χ1n) is 11.6. The van der Waals surface area contributed by atoms with E-state index in [2.05, 4.69) is 22.2 Å². The predicted octanol–water partition coefficient (Wildman–Crippen LogP) is 6.29. The second kappa shape index (κ2) is 9.72. The number of allylic oxidation sites excluding steroid dienone is 4. The topological polar surface area (TPSA) is 58.1 Å². The minimum atomic E-state index is -4.44. The number of aryl methyl sites for hydroxylation is 1. The molecule has 1 N–H and O–H groups in total. The number of halogens is 4. The maximum Gasteiger partial charge on any atom is 0.417 e. The van der Waals surface area contributed by atoms with Crippen LogP contribution in [0.15, 0.2) is 36.6 Å². The van der Waals surface area contributed by atoms with Gasteiger partial charge in [-0.3, -0.25) is 4.79 Å². The Labute approximate surface area is 206 Å². The molecule has 1 amide bonds. The lowest BCUT2D eigenvalue weighted by molar-refractivity contribution is -0.137. The van der Waals surface area contributed by atoms with Gasteiger partial charge >= 0.3 is 6.18 Å². The van der Waals surface area contributed by atoms with E-state index < -0.39 is 17.4 Å². The van der Waals surface area contributed by atoms with Gasteiger partial charge in [-0.25, -0.2) is 14.4 Å². The maximum absolute atomic E-state index is 14.2. The molecule has 0 bridgehead atoms. The Balaban J connectivity index is 1.53. The average Bonchev–Trinajstić information content (AvgIpc) is 3.19. The number of rotatable bonds is 5. The lowest BCUT2D eigenvalue weighted by Gasteiger charge is -2.40. The number of anilines is 1. The van der Waals surface area contributed by atoms with Crippen molar-refractivity contribution in [3.8, 4) is 0 Å². The van der Waals surface area contributed by atoms with Gasteiger partial charge in [0.25, 0.3) is 5.91 Å². The van der Waals surface area contributed by atoms with Crippen LogP contribution in [0.25, 0.3) is 5.57 Å². The molecule has 1 saturated heterocycles. The molecule has 0 aromatic carbocycles. The van der Waals surface area contributed by atoms with E-state index >= 15 is 0 Å². The van der Waals surface area contributed by atoms with Crippen LogP contribution in [0.3, 0.4) is 0 Å². The standard InChI is InChI=1S/C25H28F4N4OS/c1-15-5-4-12-33(19(15)14-31-20-7-6-18(13-30-20)25(27,28)29)23(34)21-22(35-16(2)32-21)17-8-10-24(3,26)11-9-17/h6-10,13,15,19H,4-5,11-12,14H2,1-3H3,(H,30,31). The fourth-order valence-corrected chi connectivity index (χ4v) is 5.40. The SMILES string of the molecule is Cc1nc(C(=O)N2CCCC(C)C2CNc2ccc(C(F)(F)F)cn2)c(C2=CCC(C)(F)C=C2)s1. The number of aromatic nitrogens is 2. The van der Waals surface area contributed by atoms with Crippen LogP contribution in [0.1, 0.15) is 59.0 Å². The number of hydrogen-bond acceptors (Lipinski definition) is 5. The van der Waals surface area contributed by atoms with Gasteiger partial charge < -0.3 is 10.2 Å². The summed E-state index contributed by atoms with van der Waals surface area (Å²) in [5, 5.41) is 3.85. The number of nitrogens with zero attached hydrogens (tertiary/aromatic N) is 3. The highest BCUT2D eigenvalue weighted by molar-refractivity contribution is 7.13. The Morgan fingerprint density at radius 1 is 1.34 bits per heavy atom. The summed E-state index contributed by atoms with van der Waals surface area (Å²) in [4.78, 5) is 24.6. The molecule has 4 rings (SSSR count). The van der Waals surface area contributed by atoms with Crippen molar-refractivity contribution in [1.82, 2.24) is 14.9 Å². The van der Waals surface area contributed by atoms with E-state index in [1.165, 1.54) is 30.4 Å². The summed E-state index contributed by atoms with van der Waals surface area (Å²) in [7, 11) is 0. The lowest BCUT2D eigenvalue weighted by atomic mass is 9.90. The molecular formula is C25H28F4N4OS. The Morgan fingerprint density at radius 3 is 2.74 bits per heavy atom. The van der Waals surface area contributed by atoms with Crippen molar-refractivity contribution >= 4 is 28.6 Å². The van der Waals surface area contributed by atoms with Gasteiger partial charge in [0.2, 0.25) is 0 Å². The fourth-order valence-electron chi connectivity index (χ4n) is 4.47. The fraction of sp³-hybridized carbons (Fsp3) is 0.480. The summed E-state index contributed by atoms with van der Waals surface area (Å²) >= 11 is 1.41. The largest absolute Gasteiger partial charge is 0.417 e. The monoisotopic (exact) mass is 508 g/mol. The summed E-state index contributed by atoms with van der Waals surface area (Å²) in [6.45, 7) is 6.33. The van der Waals surface area contributed by atoms with Crippen LogP contribution in [0, 0.1) is 12.8 Å². The number of carbonyl (C=O) groups excluding carboxylic acids is 1. The molecule has 0 radical (unpaired) electrons. The van der Waals surface area contributed by atoms with Gasteiger partial charge in [-0.1, -0.05) is 19.1 Å². The van der Waals surface area contributed by atoms with Crippen LogP contribution in [0.2, 0.25) is 0 Å². The summed E-state index contributed by atoms with van der Waals surface area (Å²) in [5.74, 6) is 0.310. The van der Waals surface area contributed by atoms with E-state index in [9.17, 15) is 22.4 Å². The summed E-state index contributed by atoms with van der Waals surface area (Å²) in [6, 6.07) is 2.10. The first kappa shape index (κ1) is 25.3. The number of nitrogens with one attached hydrogen (secondary N) is 1. The Kier molecular flexibility index (Phi) is 7.04. The number of thiazole rings is 1. The van der Waals surface area contributed by atoms with Crippen molar-refractivity contribution in [3.63, 3.8) is 0 Å². The molecular weight excluding hydrogens is 480 g/mol. The number of pyridine rings is 1. The molecule has 0 spiro atoms. The molecule has 1 aliphatic carbocycles. The highest BCUT2D eigenvalue weighted by Gasteiger charge is 2.35. The van der Waals surface area contributed by atoms with Crippen LogP contribution in [-0.4, -0.2) is 45.6 Å². The summed E-state index contributed by atoms with van der Waals surface area (Å²) in [5.41, 5.74) is -1.06. The number of likely N-dealkylation sites (tertiary alicyclic amines) is 1. The van der Waals surface area contributed by atoms with Gasteiger partial charge in [0.05, 0.1) is 21.5 Å². The number of piperidine rings is 1. The van der Waals surface area contributed by atoms with Crippen molar-refractivity contribution in [2.45, 2.75) is 57.9 Å². The Bertz CT molecular complexity index is 1140. The molecule has 1 fully saturated rings. The first-order valence-corrected chi connectivity index (χ1v) is 12.4. The minimum Gasteiger partial charge on any atom is -0.368 e. The van der Waals surface area contributed by atoms with Crippen molar-refractivity contribution < 1.29 is 22.4 Å². The zero-order chi connectivity index (χ0) is 25.4. The van der Waals surface area contributed by atoms with Crippen molar-refractivity contribution in [2.24, 2.45) is 5.92 Å². The van der Waals surface area contributed by atoms with Crippen molar-refractivity contribution in [3.05, 3.63) is 57.7 Å². The van der Waals surface area contributed by atoms with Gasteiger partial charge in [0, 0.05) is 25.7 Å². The highest BCUT2D eigenvalue weighted by Crippen LogP contribution is 2.35. The highest BCUT2D eigenvalue weighted by atomic mass is 32.1. The third-order valence-electron chi connectivity index (χ3n) is 6.49. The third-order valence-corrected chi connectivity index (χ3v) is 7.51. The van der Waals surface area contributed by atoms with Gasteiger partial charge in [-0.15, -0.1) is 11.3 Å².